The van der Waals surface area contributed by atoms with Gasteiger partial charge in [-0.15, -0.1) is 0 Å². The Morgan fingerprint density at radius 3 is 2.53 bits per heavy atom. The SMILES string of the molecule is COc1cc(C#CCCO)cc(C(F)(F)F)c1. The van der Waals surface area contributed by atoms with Gasteiger partial charge in [0.25, 0.3) is 0 Å². The van der Waals surface area contributed by atoms with E-state index < -0.39 is 11.7 Å². The van der Waals surface area contributed by atoms with Crippen molar-refractivity contribution in [2.45, 2.75) is 12.6 Å². The van der Waals surface area contributed by atoms with Crippen molar-refractivity contribution in [3.05, 3.63) is 29.3 Å². The first-order valence-corrected chi connectivity index (χ1v) is 4.83. The quantitative estimate of drug-likeness (QED) is 0.810. The Balaban J connectivity index is 3.11. The van der Waals surface area contributed by atoms with Crippen LogP contribution in [-0.4, -0.2) is 18.8 Å². The van der Waals surface area contributed by atoms with Crippen LogP contribution in [0.5, 0.6) is 5.75 Å². The van der Waals surface area contributed by atoms with Gasteiger partial charge in [-0.1, -0.05) is 11.8 Å². The van der Waals surface area contributed by atoms with Gasteiger partial charge < -0.3 is 9.84 Å². The van der Waals surface area contributed by atoms with E-state index in [0.29, 0.717) is 0 Å². The summed E-state index contributed by atoms with van der Waals surface area (Å²) < 4.78 is 42.4. The van der Waals surface area contributed by atoms with Crippen LogP contribution in [0, 0.1) is 11.8 Å². The minimum Gasteiger partial charge on any atom is -0.497 e. The molecule has 0 aliphatic carbocycles. The van der Waals surface area contributed by atoms with Crippen LogP contribution in [0.1, 0.15) is 17.5 Å². The Morgan fingerprint density at radius 2 is 2.00 bits per heavy atom. The van der Waals surface area contributed by atoms with Crippen LogP contribution in [0.4, 0.5) is 13.2 Å². The topological polar surface area (TPSA) is 29.5 Å². The predicted molar refractivity (Wildman–Crippen MR) is 56.6 cm³/mol. The predicted octanol–water partition coefficient (Wildman–Crippen LogP) is 2.45. The number of aliphatic hydroxyl groups is 1. The number of aliphatic hydroxyl groups excluding tert-OH is 1. The van der Waals surface area contributed by atoms with E-state index in [1.807, 2.05) is 0 Å². The van der Waals surface area contributed by atoms with Gasteiger partial charge >= 0.3 is 6.18 Å². The van der Waals surface area contributed by atoms with Crippen molar-refractivity contribution in [1.29, 1.82) is 0 Å². The second kappa shape index (κ2) is 5.60. The third-order valence-corrected chi connectivity index (χ3v) is 1.94. The van der Waals surface area contributed by atoms with Crippen LogP contribution in [0.15, 0.2) is 18.2 Å². The van der Waals surface area contributed by atoms with Gasteiger partial charge in [0.1, 0.15) is 5.75 Å². The zero-order valence-electron chi connectivity index (χ0n) is 9.14. The minimum atomic E-state index is -4.43. The fraction of sp³-hybridized carbons (Fsp3) is 0.333. The summed E-state index contributed by atoms with van der Waals surface area (Å²) in [4.78, 5) is 0. The van der Waals surface area contributed by atoms with E-state index >= 15 is 0 Å². The first-order valence-electron chi connectivity index (χ1n) is 4.83. The molecule has 1 aromatic rings. The van der Waals surface area contributed by atoms with Crippen LogP contribution in [0.2, 0.25) is 0 Å². The molecule has 1 rings (SSSR count). The molecule has 5 heteroatoms. The van der Waals surface area contributed by atoms with Crippen molar-refractivity contribution in [3.63, 3.8) is 0 Å². The molecule has 0 bridgehead atoms. The molecule has 0 spiro atoms. The lowest BCUT2D eigenvalue weighted by molar-refractivity contribution is -0.137. The molecule has 0 unspecified atom stereocenters. The van der Waals surface area contributed by atoms with E-state index in [1.54, 1.807) is 0 Å². The highest BCUT2D eigenvalue weighted by molar-refractivity contribution is 5.44. The van der Waals surface area contributed by atoms with Gasteiger partial charge in [0, 0.05) is 12.0 Å². The van der Waals surface area contributed by atoms with Crippen LogP contribution >= 0.6 is 0 Å². The van der Waals surface area contributed by atoms with E-state index in [2.05, 4.69) is 11.8 Å². The number of ether oxygens (including phenoxy) is 1. The lowest BCUT2D eigenvalue weighted by Crippen LogP contribution is -2.05. The average Bonchev–Trinajstić information content (AvgIpc) is 2.28. The van der Waals surface area contributed by atoms with E-state index in [1.165, 1.54) is 13.2 Å². The Labute approximate surface area is 97.0 Å². The van der Waals surface area contributed by atoms with Gasteiger partial charge in [-0.3, -0.25) is 0 Å². The molecule has 0 fully saturated rings. The Kier molecular flexibility index (Phi) is 4.41. The third-order valence-electron chi connectivity index (χ3n) is 1.94. The number of benzene rings is 1. The highest BCUT2D eigenvalue weighted by atomic mass is 19.4. The second-order valence-corrected chi connectivity index (χ2v) is 3.22. The molecule has 1 aromatic carbocycles. The van der Waals surface area contributed by atoms with Gasteiger partial charge in [0.05, 0.1) is 19.3 Å². The monoisotopic (exact) mass is 244 g/mol. The first kappa shape index (κ1) is 13.4. The molecule has 2 nitrogen and oxygen atoms in total. The summed E-state index contributed by atoms with van der Waals surface area (Å²) in [5, 5.41) is 8.52. The Morgan fingerprint density at radius 1 is 1.29 bits per heavy atom. The number of alkyl halides is 3. The maximum atomic E-state index is 12.5. The van der Waals surface area contributed by atoms with Crippen molar-refractivity contribution in [1.82, 2.24) is 0 Å². The van der Waals surface area contributed by atoms with E-state index in [4.69, 9.17) is 9.84 Å². The maximum Gasteiger partial charge on any atom is 0.416 e. The fourth-order valence-corrected chi connectivity index (χ4v) is 1.17. The van der Waals surface area contributed by atoms with Crippen molar-refractivity contribution < 1.29 is 23.0 Å². The van der Waals surface area contributed by atoms with E-state index in [0.717, 1.165) is 12.1 Å². The van der Waals surface area contributed by atoms with Gasteiger partial charge in [-0.2, -0.15) is 13.2 Å². The molecule has 92 valence electrons. The molecule has 0 aliphatic heterocycles. The fourth-order valence-electron chi connectivity index (χ4n) is 1.17. The molecule has 0 amide bonds. The van der Waals surface area contributed by atoms with E-state index in [-0.39, 0.29) is 24.3 Å². The first-order chi connectivity index (χ1) is 7.97. The van der Waals surface area contributed by atoms with Crippen LogP contribution in [0.25, 0.3) is 0 Å². The third kappa shape index (κ3) is 4.00. The zero-order chi connectivity index (χ0) is 12.9. The van der Waals surface area contributed by atoms with Crippen LogP contribution in [-0.2, 0) is 6.18 Å². The lowest BCUT2D eigenvalue weighted by atomic mass is 10.1. The molecule has 0 aromatic heterocycles. The van der Waals surface area contributed by atoms with Gasteiger partial charge in [-0.05, 0) is 18.2 Å². The smallest absolute Gasteiger partial charge is 0.416 e. The summed E-state index contributed by atoms with van der Waals surface area (Å²) >= 11 is 0. The summed E-state index contributed by atoms with van der Waals surface area (Å²) in [5.41, 5.74) is -0.588. The minimum absolute atomic E-state index is 0.105. The number of hydrogen-bond donors (Lipinski definition) is 1. The van der Waals surface area contributed by atoms with Gasteiger partial charge in [0.15, 0.2) is 0 Å². The summed E-state index contributed by atoms with van der Waals surface area (Å²) in [5.74, 6) is 5.21. The van der Waals surface area contributed by atoms with Gasteiger partial charge in [0.2, 0.25) is 0 Å². The van der Waals surface area contributed by atoms with Crippen LogP contribution in [0.3, 0.4) is 0 Å². The van der Waals surface area contributed by atoms with Crippen molar-refractivity contribution in [3.8, 4) is 17.6 Å². The van der Waals surface area contributed by atoms with Crippen molar-refractivity contribution >= 4 is 0 Å². The number of rotatable bonds is 2. The molecule has 0 saturated heterocycles. The molecule has 1 N–H and O–H groups in total. The van der Waals surface area contributed by atoms with Crippen molar-refractivity contribution in [2.75, 3.05) is 13.7 Å². The molecule has 0 saturated carbocycles. The molecule has 0 aliphatic rings. The normalized spacial score (nSPS) is 10.6. The molecule has 17 heavy (non-hydrogen) atoms. The van der Waals surface area contributed by atoms with Crippen molar-refractivity contribution in [2.24, 2.45) is 0 Å². The zero-order valence-corrected chi connectivity index (χ0v) is 9.14. The molecule has 0 heterocycles. The number of hydrogen-bond acceptors (Lipinski definition) is 2. The van der Waals surface area contributed by atoms with Crippen LogP contribution < -0.4 is 4.74 Å². The number of halogens is 3. The summed E-state index contributed by atoms with van der Waals surface area (Å²) in [6.07, 6.45) is -4.21. The lowest BCUT2D eigenvalue weighted by Gasteiger charge is -2.09. The second-order valence-electron chi connectivity index (χ2n) is 3.22. The molecular formula is C12H11F3O2. The standard InChI is InChI=1S/C12H11F3O2/c1-17-11-7-9(4-2-3-5-16)6-10(8-11)12(13,14)15/h6-8,16H,3,5H2,1H3. The largest absolute Gasteiger partial charge is 0.497 e. The molecular weight excluding hydrogens is 233 g/mol. The summed E-state index contributed by atoms with van der Waals surface area (Å²) in [6, 6.07) is 3.28. The summed E-state index contributed by atoms with van der Waals surface area (Å²) in [6.45, 7) is -0.122. The molecule has 0 atom stereocenters. The Bertz CT molecular complexity index is 441. The van der Waals surface area contributed by atoms with E-state index in [9.17, 15) is 13.2 Å². The highest BCUT2D eigenvalue weighted by Gasteiger charge is 2.31. The summed E-state index contributed by atoms with van der Waals surface area (Å²) in [7, 11) is 1.29. The molecule has 0 radical (unpaired) electrons. The maximum absolute atomic E-state index is 12.5. The van der Waals surface area contributed by atoms with Gasteiger partial charge in [-0.25, -0.2) is 0 Å². The Hall–Kier alpha value is -1.67. The highest BCUT2D eigenvalue weighted by Crippen LogP contribution is 2.32. The average molecular weight is 244 g/mol. The number of methoxy groups -OCH3 is 1.